The van der Waals surface area contributed by atoms with E-state index in [0.29, 0.717) is 19.5 Å². The van der Waals surface area contributed by atoms with Gasteiger partial charge in [-0.1, -0.05) is 18.6 Å². The normalized spacial score (nSPS) is 15.0. The molecule has 2 rings (SSSR count). The molecule has 0 bridgehead atoms. The standard InChI is InChI=1S/C16H23NO3/c1-20-15-9-7-13(8-10-15)5-3-2-4-6-16(19)17-11-14(18)12-17/h7-10,14,18H,2-6,11-12H2,1H3. The number of β-amino-alcohol motifs (C(OH)–C–C–N with tert-alkyl or cyclic N) is 1. The predicted molar refractivity (Wildman–Crippen MR) is 77.8 cm³/mol. The van der Waals surface area contributed by atoms with Gasteiger partial charge in [0, 0.05) is 19.5 Å². The van der Waals surface area contributed by atoms with Crippen molar-refractivity contribution in [3.8, 4) is 5.75 Å². The first kappa shape index (κ1) is 14.9. The summed E-state index contributed by atoms with van der Waals surface area (Å²) >= 11 is 0. The molecule has 0 saturated carbocycles. The molecule has 1 saturated heterocycles. The maximum absolute atomic E-state index is 11.7. The summed E-state index contributed by atoms with van der Waals surface area (Å²) in [6.45, 7) is 1.04. The first-order chi connectivity index (χ1) is 9.69. The summed E-state index contributed by atoms with van der Waals surface area (Å²) < 4.78 is 5.12. The minimum atomic E-state index is -0.297. The Labute approximate surface area is 120 Å². The summed E-state index contributed by atoms with van der Waals surface area (Å²) in [6.07, 6.45) is 4.45. The molecule has 0 radical (unpaired) electrons. The Bertz CT molecular complexity index is 424. The first-order valence-electron chi connectivity index (χ1n) is 7.28. The zero-order valence-electron chi connectivity index (χ0n) is 12.0. The van der Waals surface area contributed by atoms with Crippen LogP contribution in [-0.2, 0) is 11.2 Å². The van der Waals surface area contributed by atoms with Gasteiger partial charge >= 0.3 is 0 Å². The predicted octanol–water partition coefficient (Wildman–Crippen LogP) is 2.00. The van der Waals surface area contributed by atoms with Gasteiger partial charge in [0.1, 0.15) is 5.75 Å². The fourth-order valence-corrected chi connectivity index (χ4v) is 2.39. The van der Waals surface area contributed by atoms with Crippen LogP contribution in [0.1, 0.15) is 31.2 Å². The van der Waals surface area contributed by atoms with E-state index >= 15 is 0 Å². The topological polar surface area (TPSA) is 49.8 Å². The summed E-state index contributed by atoms with van der Waals surface area (Å²) in [4.78, 5) is 13.4. The number of rotatable bonds is 7. The highest BCUT2D eigenvalue weighted by Crippen LogP contribution is 2.15. The fourth-order valence-electron chi connectivity index (χ4n) is 2.39. The average Bonchev–Trinajstić information content (AvgIpc) is 2.44. The lowest BCUT2D eigenvalue weighted by molar-refractivity contribution is -0.141. The van der Waals surface area contributed by atoms with Gasteiger partial charge in [-0.15, -0.1) is 0 Å². The quantitative estimate of drug-likeness (QED) is 0.776. The van der Waals surface area contributed by atoms with Crippen LogP contribution in [0.5, 0.6) is 5.75 Å². The molecule has 0 atom stereocenters. The van der Waals surface area contributed by atoms with Gasteiger partial charge in [-0.2, -0.15) is 0 Å². The van der Waals surface area contributed by atoms with Gasteiger partial charge in [0.15, 0.2) is 0 Å². The number of likely N-dealkylation sites (tertiary alicyclic amines) is 1. The van der Waals surface area contributed by atoms with E-state index in [4.69, 9.17) is 9.84 Å². The van der Waals surface area contributed by atoms with Gasteiger partial charge in [0.2, 0.25) is 5.91 Å². The lowest BCUT2D eigenvalue weighted by Gasteiger charge is -2.35. The number of hydrogen-bond donors (Lipinski definition) is 1. The zero-order chi connectivity index (χ0) is 14.4. The molecule has 1 amide bonds. The van der Waals surface area contributed by atoms with Crippen molar-refractivity contribution < 1.29 is 14.6 Å². The van der Waals surface area contributed by atoms with E-state index in [-0.39, 0.29) is 12.0 Å². The van der Waals surface area contributed by atoms with Crippen molar-refractivity contribution in [1.29, 1.82) is 0 Å². The molecule has 0 aliphatic carbocycles. The second kappa shape index (κ2) is 7.29. The molecule has 1 aliphatic heterocycles. The van der Waals surface area contributed by atoms with Crippen molar-refractivity contribution in [3.05, 3.63) is 29.8 Å². The number of methoxy groups -OCH3 is 1. The van der Waals surface area contributed by atoms with Crippen LogP contribution in [0.4, 0.5) is 0 Å². The van der Waals surface area contributed by atoms with E-state index in [1.165, 1.54) is 5.56 Å². The monoisotopic (exact) mass is 277 g/mol. The minimum Gasteiger partial charge on any atom is -0.497 e. The van der Waals surface area contributed by atoms with Gasteiger partial charge in [0.25, 0.3) is 0 Å². The molecule has 1 aliphatic rings. The van der Waals surface area contributed by atoms with Crippen molar-refractivity contribution in [3.63, 3.8) is 0 Å². The first-order valence-corrected chi connectivity index (χ1v) is 7.28. The number of amides is 1. The van der Waals surface area contributed by atoms with Crippen LogP contribution >= 0.6 is 0 Å². The third kappa shape index (κ3) is 4.23. The van der Waals surface area contributed by atoms with E-state index in [1.54, 1.807) is 12.0 Å². The molecule has 1 aromatic rings. The van der Waals surface area contributed by atoms with Crippen molar-refractivity contribution in [2.45, 2.75) is 38.2 Å². The molecule has 1 N–H and O–H groups in total. The van der Waals surface area contributed by atoms with Crippen LogP contribution in [0.15, 0.2) is 24.3 Å². The average molecular weight is 277 g/mol. The highest BCUT2D eigenvalue weighted by Gasteiger charge is 2.27. The molecule has 0 spiro atoms. The highest BCUT2D eigenvalue weighted by atomic mass is 16.5. The minimum absolute atomic E-state index is 0.180. The zero-order valence-corrected chi connectivity index (χ0v) is 12.0. The maximum Gasteiger partial charge on any atom is 0.222 e. The maximum atomic E-state index is 11.7. The fraction of sp³-hybridized carbons (Fsp3) is 0.562. The molecule has 110 valence electrons. The summed E-state index contributed by atoms with van der Waals surface area (Å²) in [6, 6.07) is 8.14. The van der Waals surface area contributed by atoms with Crippen molar-refractivity contribution in [1.82, 2.24) is 4.90 Å². The molecule has 1 fully saturated rings. The molecular weight excluding hydrogens is 254 g/mol. The highest BCUT2D eigenvalue weighted by molar-refractivity contribution is 5.77. The van der Waals surface area contributed by atoms with Crippen molar-refractivity contribution >= 4 is 5.91 Å². The van der Waals surface area contributed by atoms with E-state index in [9.17, 15) is 4.79 Å². The van der Waals surface area contributed by atoms with Gasteiger partial charge in [0.05, 0.1) is 13.2 Å². The summed E-state index contributed by atoms with van der Waals surface area (Å²) in [5.41, 5.74) is 1.31. The second-order valence-electron chi connectivity index (χ2n) is 5.36. The molecule has 1 aromatic carbocycles. The van der Waals surface area contributed by atoms with E-state index in [1.807, 2.05) is 12.1 Å². The van der Waals surface area contributed by atoms with E-state index in [2.05, 4.69) is 12.1 Å². The number of unbranched alkanes of at least 4 members (excludes halogenated alkanes) is 2. The Hall–Kier alpha value is -1.55. The van der Waals surface area contributed by atoms with E-state index < -0.39 is 0 Å². The lowest BCUT2D eigenvalue weighted by atomic mass is 10.0. The molecule has 1 heterocycles. The number of ether oxygens (including phenoxy) is 1. The number of benzene rings is 1. The molecule has 4 heteroatoms. The van der Waals surface area contributed by atoms with Gasteiger partial charge in [-0.05, 0) is 37.0 Å². The van der Waals surface area contributed by atoms with Gasteiger partial charge < -0.3 is 14.7 Å². The van der Waals surface area contributed by atoms with Crippen molar-refractivity contribution in [2.24, 2.45) is 0 Å². The lowest BCUT2D eigenvalue weighted by Crippen LogP contribution is -2.53. The van der Waals surface area contributed by atoms with Gasteiger partial charge in [-0.25, -0.2) is 0 Å². The third-order valence-electron chi connectivity index (χ3n) is 3.73. The number of nitrogens with zero attached hydrogens (tertiary/aromatic N) is 1. The summed E-state index contributed by atoms with van der Waals surface area (Å²) in [5.74, 6) is 1.07. The number of aliphatic hydroxyl groups excluding tert-OH is 1. The van der Waals surface area contributed by atoms with Crippen LogP contribution in [-0.4, -0.2) is 42.2 Å². The Morgan fingerprint density at radius 2 is 1.95 bits per heavy atom. The Morgan fingerprint density at radius 1 is 1.25 bits per heavy atom. The SMILES string of the molecule is COc1ccc(CCCCCC(=O)N2CC(O)C2)cc1. The molecule has 0 aromatic heterocycles. The molecule has 0 unspecified atom stereocenters. The molecule has 4 nitrogen and oxygen atoms in total. The molecule has 20 heavy (non-hydrogen) atoms. The Kier molecular flexibility index (Phi) is 5.41. The summed E-state index contributed by atoms with van der Waals surface area (Å²) in [7, 11) is 1.67. The largest absolute Gasteiger partial charge is 0.497 e. The van der Waals surface area contributed by atoms with E-state index in [0.717, 1.165) is 31.4 Å². The van der Waals surface area contributed by atoms with Crippen LogP contribution in [0, 0.1) is 0 Å². The second-order valence-corrected chi connectivity index (χ2v) is 5.36. The number of aryl methyl sites for hydroxylation is 1. The van der Waals surface area contributed by atoms with Crippen LogP contribution < -0.4 is 4.74 Å². The van der Waals surface area contributed by atoms with Crippen LogP contribution in [0.3, 0.4) is 0 Å². The third-order valence-corrected chi connectivity index (χ3v) is 3.73. The van der Waals surface area contributed by atoms with Crippen LogP contribution in [0.25, 0.3) is 0 Å². The van der Waals surface area contributed by atoms with Crippen molar-refractivity contribution in [2.75, 3.05) is 20.2 Å². The number of carbonyl (C=O) groups excluding carboxylic acids is 1. The molecular formula is C16H23NO3. The Morgan fingerprint density at radius 3 is 2.55 bits per heavy atom. The number of carbonyl (C=O) groups is 1. The number of aliphatic hydroxyl groups is 1. The Balaban J connectivity index is 1.55. The van der Waals surface area contributed by atoms with Crippen LogP contribution in [0.2, 0.25) is 0 Å². The summed E-state index contributed by atoms with van der Waals surface area (Å²) in [5, 5.41) is 9.14. The van der Waals surface area contributed by atoms with Gasteiger partial charge in [-0.3, -0.25) is 4.79 Å². The smallest absolute Gasteiger partial charge is 0.222 e. The number of hydrogen-bond acceptors (Lipinski definition) is 3.